The topological polar surface area (TPSA) is 68.9 Å². The minimum atomic E-state index is -2.93. The summed E-state index contributed by atoms with van der Waals surface area (Å²) in [5.41, 5.74) is 8.45. The minimum Gasteiger partial charge on any atom is -0.493 e. The molecule has 0 atom stereocenters. The van der Waals surface area contributed by atoms with Crippen LogP contribution in [0.1, 0.15) is 11.1 Å². The van der Waals surface area contributed by atoms with E-state index in [0.29, 0.717) is 5.56 Å². The van der Waals surface area contributed by atoms with Crippen molar-refractivity contribution in [1.29, 1.82) is 0 Å². The van der Waals surface area contributed by atoms with Gasteiger partial charge < -0.3 is 20.5 Å². The molecule has 0 aliphatic carbocycles. The Balaban J connectivity index is 0.00000312. The lowest BCUT2D eigenvalue weighted by molar-refractivity contribution is -0.0512. The van der Waals surface area contributed by atoms with Crippen LogP contribution in [0.4, 0.5) is 14.5 Å². The Morgan fingerprint density at radius 3 is 2.44 bits per heavy atom. The van der Waals surface area contributed by atoms with Gasteiger partial charge in [0.2, 0.25) is 0 Å². The van der Waals surface area contributed by atoms with E-state index in [1.54, 1.807) is 12.1 Å². The molecule has 0 amide bonds. The summed E-state index contributed by atoms with van der Waals surface area (Å²) in [6.45, 7) is -0.718. The molecule has 25 heavy (non-hydrogen) atoms. The second kappa shape index (κ2) is 10.0. The van der Waals surface area contributed by atoms with Gasteiger partial charge in [0, 0.05) is 5.69 Å². The van der Waals surface area contributed by atoms with Crippen molar-refractivity contribution >= 4 is 35.6 Å². The molecule has 2 aromatic carbocycles. The molecule has 0 saturated carbocycles. The summed E-state index contributed by atoms with van der Waals surface area (Å²) < 4.78 is 34.3. The zero-order valence-electron chi connectivity index (χ0n) is 13.8. The van der Waals surface area contributed by atoms with Crippen LogP contribution in [0.15, 0.2) is 47.5 Å². The van der Waals surface area contributed by atoms with E-state index in [9.17, 15) is 8.78 Å². The summed E-state index contributed by atoms with van der Waals surface area (Å²) in [5, 5.41) is 2.96. The van der Waals surface area contributed by atoms with Gasteiger partial charge in [0.1, 0.15) is 0 Å². The first-order valence-corrected chi connectivity index (χ1v) is 7.23. The van der Waals surface area contributed by atoms with Gasteiger partial charge in [-0.2, -0.15) is 8.78 Å². The van der Waals surface area contributed by atoms with Crippen molar-refractivity contribution < 1.29 is 18.3 Å². The van der Waals surface area contributed by atoms with Crippen LogP contribution in [0.2, 0.25) is 0 Å². The van der Waals surface area contributed by atoms with Crippen molar-refractivity contribution in [3.8, 4) is 11.5 Å². The largest absolute Gasteiger partial charge is 0.493 e. The SMILES string of the molecule is COc1ccc(CN=C(N)Nc2ccc(C)cc2)cc1OC(F)F.I. The highest BCUT2D eigenvalue weighted by molar-refractivity contribution is 14.0. The number of methoxy groups -OCH3 is 1. The molecule has 0 unspecified atom stereocenters. The Morgan fingerprint density at radius 1 is 1.16 bits per heavy atom. The van der Waals surface area contributed by atoms with Gasteiger partial charge in [-0.1, -0.05) is 23.8 Å². The molecule has 0 aliphatic heterocycles. The van der Waals surface area contributed by atoms with Crippen LogP contribution in [0.3, 0.4) is 0 Å². The molecule has 0 bridgehead atoms. The zero-order chi connectivity index (χ0) is 17.5. The van der Waals surface area contributed by atoms with E-state index in [1.165, 1.54) is 13.2 Å². The lowest BCUT2D eigenvalue weighted by Crippen LogP contribution is -2.22. The van der Waals surface area contributed by atoms with Gasteiger partial charge in [-0.15, -0.1) is 24.0 Å². The normalized spacial score (nSPS) is 11.0. The van der Waals surface area contributed by atoms with Gasteiger partial charge in [0.15, 0.2) is 17.5 Å². The summed E-state index contributed by atoms with van der Waals surface area (Å²) in [6, 6.07) is 12.4. The van der Waals surface area contributed by atoms with Gasteiger partial charge in [0.25, 0.3) is 0 Å². The van der Waals surface area contributed by atoms with Crippen LogP contribution in [-0.4, -0.2) is 19.7 Å². The molecule has 0 aliphatic rings. The quantitative estimate of drug-likeness (QED) is 0.384. The number of benzene rings is 2. The highest BCUT2D eigenvalue weighted by Crippen LogP contribution is 2.29. The lowest BCUT2D eigenvalue weighted by Gasteiger charge is -2.11. The molecular formula is C17H20F2IN3O2. The first kappa shape index (κ1) is 20.9. The third kappa shape index (κ3) is 6.73. The first-order valence-electron chi connectivity index (χ1n) is 7.23. The van der Waals surface area contributed by atoms with Crippen molar-refractivity contribution in [2.45, 2.75) is 20.1 Å². The van der Waals surface area contributed by atoms with Crippen LogP contribution >= 0.6 is 24.0 Å². The molecule has 0 saturated heterocycles. The molecule has 0 aromatic heterocycles. The van der Waals surface area contributed by atoms with E-state index in [1.807, 2.05) is 31.2 Å². The zero-order valence-corrected chi connectivity index (χ0v) is 16.2. The van der Waals surface area contributed by atoms with Crippen LogP contribution < -0.4 is 20.5 Å². The van der Waals surface area contributed by atoms with Crippen molar-refractivity contribution in [2.75, 3.05) is 12.4 Å². The third-order valence-corrected chi connectivity index (χ3v) is 3.20. The molecule has 8 heteroatoms. The lowest BCUT2D eigenvalue weighted by atomic mass is 10.2. The van der Waals surface area contributed by atoms with E-state index >= 15 is 0 Å². The van der Waals surface area contributed by atoms with Crippen LogP contribution in [-0.2, 0) is 6.54 Å². The fourth-order valence-electron chi connectivity index (χ4n) is 2.01. The number of hydrogen-bond donors (Lipinski definition) is 2. The predicted molar refractivity (Wildman–Crippen MR) is 105 cm³/mol. The first-order chi connectivity index (χ1) is 11.5. The molecule has 0 spiro atoms. The Morgan fingerprint density at radius 2 is 1.84 bits per heavy atom. The van der Waals surface area contributed by atoms with Gasteiger partial charge in [-0.25, -0.2) is 4.99 Å². The molecule has 3 N–H and O–H groups in total. The van der Waals surface area contributed by atoms with E-state index < -0.39 is 6.61 Å². The average Bonchev–Trinajstić information content (AvgIpc) is 2.55. The summed E-state index contributed by atoms with van der Waals surface area (Å²) in [5.74, 6) is 0.421. The number of alkyl halides is 2. The van der Waals surface area contributed by atoms with Crippen LogP contribution in [0, 0.1) is 6.92 Å². The maximum absolute atomic E-state index is 12.4. The van der Waals surface area contributed by atoms with E-state index in [2.05, 4.69) is 15.0 Å². The summed E-state index contributed by atoms with van der Waals surface area (Å²) in [7, 11) is 1.38. The maximum atomic E-state index is 12.4. The summed E-state index contributed by atoms with van der Waals surface area (Å²) in [6.07, 6.45) is 0. The van der Waals surface area contributed by atoms with Gasteiger partial charge in [0.05, 0.1) is 13.7 Å². The number of aliphatic imine (C=N–C) groups is 1. The predicted octanol–water partition coefficient (Wildman–Crippen LogP) is 4.15. The number of anilines is 1. The van der Waals surface area contributed by atoms with Gasteiger partial charge in [-0.05, 0) is 36.8 Å². The molecule has 0 radical (unpaired) electrons. The molecular weight excluding hydrogens is 443 g/mol. The number of ether oxygens (including phenoxy) is 2. The fraction of sp³-hybridized carbons (Fsp3) is 0.235. The van der Waals surface area contributed by atoms with Gasteiger partial charge in [-0.3, -0.25) is 0 Å². The number of hydrogen-bond acceptors (Lipinski definition) is 3. The Labute approximate surface area is 162 Å². The number of nitrogens with two attached hydrogens (primary N) is 1. The molecule has 136 valence electrons. The number of nitrogens with zero attached hydrogens (tertiary/aromatic N) is 1. The van der Waals surface area contributed by atoms with Crippen LogP contribution in [0.25, 0.3) is 0 Å². The summed E-state index contributed by atoms with van der Waals surface area (Å²) >= 11 is 0. The molecule has 5 nitrogen and oxygen atoms in total. The molecule has 2 aromatic rings. The van der Waals surface area contributed by atoms with Crippen LogP contribution in [0.5, 0.6) is 11.5 Å². The maximum Gasteiger partial charge on any atom is 0.387 e. The molecule has 0 fully saturated rings. The van der Waals surface area contributed by atoms with E-state index in [-0.39, 0.29) is 48.0 Å². The van der Waals surface area contributed by atoms with Crippen molar-refractivity contribution in [2.24, 2.45) is 10.7 Å². The van der Waals surface area contributed by atoms with E-state index in [4.69, 9.17) is 10.5 Å². The molecule has 0 heterocycles. The third-order valence-electron chi connectivity index (χ3n) is 3.20. The minimum absolute atomic E-state index is 0. The Hall–Kier alpha value is -2.10. The highest BCUT2D eigenvalue weighted by Gasteiger charge is 2.11. The average molecular weight is 463 g/mol. The number of nitrogens with one attached hydrogen (secondary N) is 1. The fourth-order valence-corrected chi connectivity index (χ4v) is 2.01. The smallest absolute Gasteiger partial charge is 0.387 e. The van der Waals surface area contributed by atoms with Crippen molar-refractivity contribution in [3.63, 3.8) is 0 Å². The standard InChI is InChI=1S/C17H19F2N3O2.HI/c1-11-3-6-13(7-4-11)22-17(20)21-10-12-5-8-14(23-2)15(9-12)24-16(18)19;/h3-9,16H,10H2,1-2H3,(H3,20,21,22);1H. The van der Waals surface area contributed by atoms with E-state index in [0.717, 1.165) is 11.3 Å². The Bertz CT molecular complexity index is 710. The highest BCUT2D eigenvalue weighted by atomic mass is 127. The second-order valence-electron chi connectivity index (χ2n) is 5.06. The second-order valence-corrected chi connectivity index (χ2v) is 5.06. The number of aryl methyl sites for hydroxylation is 1. The van der Waals surface area contributed by atoms with Crippen molar-refractivity contribution in [3.05, 3.63) is 53.6 Å². The monoisotopic (exact) mass is 463 g/mol. The van der Waals surface area contributed by atoms with Gasteiger partial charge >= 0.3 is 6.61 Å². The molecule has 2 rings (SSSR count). The Kier molecular flexibility index (Phi) is 8.39. The van der Waals surface area contributed by atoms with Crippen molar-refractivity contribution in [1.82, 2.24) is 0 Å². The number of halogens is 3. The number of rotatable bonds is 6. The number of guanidine groups is 1. The summed E-state index contributed by atoms with van der Waals surface area (Å²) in [4.78, 5) is 4.19.